The Morgan fingerprint density at radius 2 is 2.50 bits per heavy atom. The minimum Gasteiger partial charge on any atom is -0.117 e. The molecule has 1 atom stereocenters. The second-order valence-electron chi connectivity index (χ2n) is 2.29. The maximum Gasteiger partial charge on any atom is 0.0712 e. The topological polar surface area (TPSA) is 0 Å². The van der Waals surface area contributed by atoms with Gasteiger partial charge in [-0.1, -0.05) is 6.08 Å². The molecule has 0 aromatic rings. The molecule has 1 aliphatic carbocycles. The molecule has 1 unspecified atom stereocenters. The van der Waals surface area contributed by atoms with Crippen LogP contribution in [-0.4, -0.2) is 0 Å². The van der Waals surface area contributed by atoms with Crippen LogP contribution in [0.3, 0.4) is 0 Å². The Hall–Kier alpha value is 0.0300. The van der Waals surface area contributed by atoms with Crippen LogP contribution in [0.15, 0.2) is 12.7 Å². The van der Waals surface area contributed by atoms with E-state index in [1.165, 1.54) is 0 Å². The minimum absolute atomic E-state index is 0.454. The highest BCUT2D eigenvalue weighted by Crippen LogP contribution is 2.31. The first-order chi connectivity index (χ1) is 4.83. The van der Waals surface area contributed by atoms with Crippen molar-refractivity contribution < 1.29 is 0 Å². The summed E-state index contributed by atoms with van der Waals surface area (Å²) in [5.41, 5.74) is 0. The van der Waals surface area contributed by atoms with Crippen LogP contribution in [0, 0.1) is 37.0 Å². The van der Waals surface area contributed by atoms with E-state index in [1.54, 1.807) is 0 Å². The molecule has 0 aromatic heterocycles. The van der Waals surface area contributed by atoms with Crippen LogP contribution in [0.1, 0.15) is 6.42 Å². The normalized spacial score (nSPS) is 28.3. The third-order valence-electron chi connectivity index (χ3n) is 1.43. The number of allylic oxidation sites excluding steroid dienone is 1. The van der Waals surface area contributed by atoms with Crippen LogP contribution in [0.4, 0.5) is 0 Å². The summed E-state index contributed by atoms with van der Waals surface area (Å²) in [6, 6.07) is 0. The molecule has 5 radical (unpaired) electrons. The third kappa shape index (κ3) is 2.34. The molecule has 0 spiro atoms. The van der Waals surface area contributed by atoms with E-state index in [2.05, 4.69) is 13.0 Å². The highest BCUT2D eigenvalue weighted by atomic mass is 35.5. The van der Waals surface area contributed by atoms with Crippen molar-refractivity contribution in [2.24, 2.45) is 5.92 Å². The zero-order valence-electron chi connectivity index (χ0n) is 5.76. The lowest BCUT2D eigenvalue weighted by Gasteiger charge is -2.22. The first-order valence-corrected chi connectivity index (χ1v) is 3.70. The highest BCUT2D eigenvalue weighted by molar-refractivity contribution is 6.29. The van der Waals surface area contributed by atoms with Crippen LogP contribution in [0.5, 0.6) is 0 Å². The quantitative estimate of drug-likeness (QED) is 0.536. The number of hydrogen-bond donors (Lipinski definition) is 0. The molecular weight excluding hydrogens is 144 g/mol. The molecule has 0 saturated heterocycles. The van der Waals surface area contributed by atoms with Crippen LogP contribution < -0.4 is 0 Å². The van der Waals surface area contributed by atoms with Gasteiger partial charge in [-0.05, 0) is 38.0 Å². The fraction of sp³-hybridized carbons (Fsp3) is 0.222. The minimum atomic E-state index is 0.454. The number of halogens is 1. The zero-order chi connectivity index (χ0) is 7.40. The SMILES string of the molecule is C=CCC1[CH][CH][CH][C](Cl)[CH]1. The average Bonchev–Trinajstić information content (AvgIpc) is 1.88. The van der Waals surface area contributed by atoms with E-state index in [-0.39, 0.29) is 0 Å². The summed E-state index contributed by atoms with van der Waals surface area (Å²) in [4.78, 5) is 0. The Labute approximate surface area is 68.3 Å². The summed E-state index contributed by atoms with van der Waals surface area (Å²) in [6.45, 7) is 3.66. The number of rotatable bonds is 2. The van der Waals surface area contributed by atoms with E-state index in [0.717, 1.165) is 11.8 Å². The van der Waals surface area contributed by atoms with Crippen LogP contribution in [-0.2, 0) is 0 Å². The summed E-state index contributed by atoms with van der Waals surface area (Å²) in [6.07, 6.45) is 10.9. The van der Waals surface area contributed by atoms with Gasteiger partial charge in [0.2, 0.25) is 0 Å². The monoisotopic (exact) mass is 153 g/mol. The lowest BCUT2D eigenvalue weighted by molar-refractivity contribution is 0.701. The van der Waals surface area contributed by atoms with E-state index >= 15 is 0 Å². The van der Waals surface area contributed by atoms with Gasteiger partial charge in [-0.3, -0.25) is 0 Å². The maximum atomic E-state index is 5.77. The van der Waals surface area contributed by atoms with Crippen molar-refractivity contribution in [3.05, 3.63) is 43.7 Å². The van der Waals surface area contributed by atoms with Gasteiger partial charge in [-0.25, -0.2) is 0 Å². The van der Waals surface area contributed by atoms with E-state index in [4.69, 9.17) is 11.6 Å². The fourth-order valence-corrected chi connectivity index (χ4v) is 1.18. The lowest BCUT2D eigenvalue weighted by atomic mass is 9.87. The molecule has 1 rings (SSSR count). The Balaban J connectivity index is 2.24. The van der Waals surface area contributed by atoms with Crippen molar-refractivity contribution in [1.82, 2.24) is 0 Å². The first kappa shape index (κ1) is 8.13. The lowest BCUT2D eigenvalue weighted by Crippen LogP contribution is -2.12. The third-order valence-corrected chi connectivity index (χ3v) is 1.68. The molecule has 0 heterocycles. The van der Waals surface area contributed by atoms with Crippen LogP contribution >= 0.6 is 11.6 Å². The predicted molar refractivity (Wildman–Crippen MR) is 44.6 cm³/mol. The van der Waals surface area contributed by atoms with Gasteiger partial charge in [0.05, 0.1) is 5.38 Å². The van der Waals surface area contributed by atoms with Crippen molar-refractivity contribution in [1.29, 1.82) is 0 Å². The van der Waals surface area contributed by atoms with Gasteiger partial charge in [0.15, 0.2) is 0 Å². The average molecular weight is 154 g/mol. The smallest absolute Gasteiger partial charge is 0.0712 e. The first-order valence-electron chi connectivity index (χ1n) is 3.32. The Morgan fingerprint density at radius 1 is 1.70 bits per heavy atom. The van der Waals surface area contributed by atoms with E-state index in [0.29, 0.717) is 5.92 Å². The van der Waals surface area contributed by atoms with Gasteiger partial charge in [-0.15, -0.1) is 18.2 Å². The van der Waals surface area contributed by atoms with Gasteiger partial charge in [0.1, 0.15) is 0 Å². The summed E-state index contributed by atoms with van der Waals surface area (Å²) in [5, 5.41) is 0.828. The second-order valence-corrected chi connectivity index (χ2v) is 2.73. The Bertz CT molecular complexity index is 109. The summed E-state index contributed by atoms with van der Waals surface area (Å²) in [5.74, 6) is 0.454. The Kier molecular flexibility index (Phi) is 3.27. The van der Waals surface area contributed by atoms with Crippen molar-refractivity contribution in [3.8, 4) is 0 Å². The molecule has 0 bridgehead atoms. The molecule has 0 nitrogen and oxygen atoms in total. The van der Waals surface area contributed by atoms with Crippen molar-refractivity contribution in [3.63, 3.8) is 0 Å². The standard InChI is InChI=1S/C9H10Cl/c1-2-4-8-5-3-6-9(10)7-8/h2-3,5-8H,1,4H2. The Morgan fingerprint density at radius 3 is 3.10 bits per heavy atom. The van der Waals surface area contributed by atoms with E-state index < -0.39 is 0 Å². The molecular formula is C9H10Cl. The molecule has 1 saturated carbocycles. The van der Waals surface area contributed by atoms with Gasteiger partial charge < -0.3 is 0 Å². The van der Waals surface area contributed by atoms with Gasteiger partial charge >= 0.3 is 0 Å². The molecule has 0 N–H and O–H groups in total. The predicted octanol–water partition coefficient (Wildman–Crippen LogP) is 2.78. The molecule has 1 fully saturated rings. The largest absolute Gasteiger partial charge is 0.117 e. The van der Waals surface area contributed by atoms with Gasteiger partial charge in [0.25, 0.3) is 0 Å². The molecule has 10 heavy (non-hydrogen) atoms. The van der Waals surface area contributed by atoms with E-state index in [1.807, 2.05) is 25.3 Å². The van der Waals surface area contributed by atoms with Crippen molar-refractivity contribution in [2.45, 2.75) is 6.42 Å². The number of hydrogen-bond acceptors (Lipinski definition) is 0. The second kappa shape index (κ2) is 4.02. The van der Waals surface area contributed by atoms with Crippen molar-refractivity contribution >= 4 is 11.6 Å². The van der Waals surface area contributed by atoms with Gasteiger partial charge in [0, 0.05) is 0 Å². The maximum absolute atomic E-state index is 5.77. The molecule has 1 aliphatic rings. The van der Waals surface area contributed by atoms with Crippen LogP contribution in [0.2, 0.25) is 0 Å². The molecule has 0 aliphatic heterocycles. The van der Waals surface area contributed by atoms with Gasteiger partial charge in [-0.2, -0.15) is 0 Å². The van der Waals surface area contributed by atoms with Crippen LogP contribution in [0.25, 0.3) is 0 Å². The molecule has 0 amide bonds. The fourth-order valence-electron chi connectivity index (χ4n) is 0.945. The zero-order valence-corrected chi connectivity index (χ0v) is 6.51. The van der Waals surface area contributed by atoms with E-state index in [9.17, 15) is 0 Å². The summed E-state index contributed by atoms with van der Waals surface area (Å²) >= 11 is 5.77. The highest BCUT2D eigenvalue weighted by Gasteiger charge is 2.20. The van der Waals surface area contributed by atoms with Crippen molar-refractivity contribution in [2.75, 3.05) is 0 Å². The summed E-state index contributed by atoms with van der Waals surface area (Å²) < 4.78 is 0. The summed E-state index contributed by atoms with van der Waals surface area (Å²) in [7, 11) is 0. The molecule has 0 aromatic carbocycles. The molecule has 53 valence electrons. The molecule has 1 heteroatoms.